The van der Waals surface area contributed by atoms with Crippen LogP contribution in [-0.2, 0) is 0 Å². The summed E-state index contributed by atoms with van der Waals surface area (Å²) in [4.78, 5) is 17.7. The highest BCUT2D eigenvalue weighted by Gasteiger charge is 2.18. The average molecular weight is 226 g/mol. The van der Waals surface area contributed by atoms with Crippen LogP contribution in [0.4, 0.5) is 0 Å². The Morgan fingerprint density at radius 2 is 2.13 bits per heavy atom. The first-order valence-corrected chi connectivity index (χ1v) is 5.27. The van der Waals surface area contributed by atoms with Crippen LogP contribution in [0.5, 0.6) is 0 Å². The quantitative estimate of drug-likeness (QED) is 0.769. The highest BCUT2D eigenvalue weighted by atomic mass is 35.5. The molecule has 1 aromatic heterocycles. The monoisotopic (exact) mass is 225 g/mol. The number of pyridine rings is 1. The fourth-order valence-electron chi connectivity index (χ4n) is 1.53. The Labute approximate surface area is 93.2 Å². The highest BCUT2D eigenvalue weighted by Crippen LogP contribution is 2.08. The molecule has 1 fully saturated rings. The summed E-state index contributed by atoms with van der Waals surface area (Å²) in [5, 5.41) is 3.74. The normalized spacial score (nSPS) is 16.5. The molecule has 0 radical (unpaired) electrons. The summed E-state index contributed by atoms with van der Waals surface area (Å²) >= 11 is 5.70. The van der Waals surface area contributed by atoms with E-state index in [0.29, 0.717) is 10.7 Å². The maximum atomic E-state index is 11.9. The molecule has 5 heteroatoms. The minimum atomic E-state index is -0.0202. The Balaban J connectivity index is 2.09. The topological polar surface area (TPSA) is 45.2 Å². The molecule has 0 atom stereocenters. The van der Waals surface area contributed by atoms with E-state index >= 15 is 0 Å². The maximum Gasteiger partial charge on any atom is 0.272 e. The van der Waals surface area contributed by atoms with Gasteiger partial charge in [0.2, 0.25) is 0 Å². The van der Waals surface area contributed by atoms with Crippen LogP contribution in [0.2, 0.25) is 5.02 Å². The van der Waals surface area contributed by atoms with Crippen molar-refractivity contribution in [3.05, 3.63) is 29.0 Å². The maximum absolute atomic E-state index is 11.9. The zero-order valence-electron chi connectivity index (χ0n) is 8.24. The lowest BCUT2D eigenvalue weighted by molar-refractivity contribution is 0.0730. The van der Waals surface area contributed by atoms with Crippen LogP contribution in [0.1, 0.15) is 10.5 Å². The van der Waals surface area contributed by atoms with Gasteiger partial charge >= 0.3 is 0 Å². The number of amides is 1. The van der Waals surface area contributed by atoms with Crippen molar-refractivity contribution < 1.29 is 4.79 Å². The van der Waals surface area contributed by atoms with E-state index in [-0.39, 0.29) is 5.91 Å². The van der Waals surface area contributed by atoms with Gasteiger partial charge in [-0.2, -0.15) is 0 Å². The fraction of sp³-hybridized carbons (Fsp3) is 0.400. The number of nitrogens with one attached hydrogen (secondary N) is 1. The van der Waals surface area contributed by atoms with E-state index in [1.54, 1.807) is 17.0 Å². The molecule has 0 aliphatic carbocycles. The van der Waals surface area contributed by atoms with Crippen LogP contribution >= 0.6 is 11.6 Å². The van der Waals surface area contributed by atoms with Crippen molar-refractivity contribution in [2.45, 2.75) is 0 Å². The van der Waals surface area contributed by atoms with Gasteiger partial charge in [-0.05, 0) is 12.1 Å². The minimum absolute atomic E-state index is 0.0202. The van der Waals surface area contributed by atoms with Crippen molar-refractivity contribution in [1.82, 2.24) is 15.2 Å². The molecule has 2 heterocycles. The summed E-state index contributed by atoms with van der Waals surface area (Å²) in [6.07, 6.45) is 1.50. The molecule has 1 saturated heterocycles. The number of nitrogens with zero attached hydrogens (tertiary/aromatic N) is 2. The zero-order valence-corrected chi connectivity index (χ0v) is 9.00. The van der Waals surface area contributed by atoms with E-state index in [4.69, 9.17) is 11.6 Å². The average Bonchev–Trinajstić information content (AvgIpc) is 2.30. The third-order valence-corrected chi connectivity index (χ3v) is 2.57. The Kier molecular flexibility index (Phi) is 3.18. The Hall–Kier alpha value is -1.13. The molecule has 1 aromatic rings. The molecule has 4 nitrogen and oxygen atoms in total. The summed E-state index contributed by atoms with van der Waals surface area (Å²) in [6.45, 7) is 3.17. The number of hydrogen-bond acceptors (Lipinski definition) is 3. The van der Waals surface area contributed by atoms with Crippen molar-refractivity contribution in [1.29, 1.82) is 0 Å². The fourth-order valence-corrected chi connectivity index (χ4v) is 1.64. The Morgan fingerprint density at radius 1 is 1.40 bits per heavy atom. The smallest absolute Gasteiger partial charge is 0.272 e. The van der Waals surface area contributed by atoms with Gasteiger partial charge in [0.1, 0.15) is 5.69 Å². The molecule has 0 saturated carbocycles. The molecule has 2 rings (SSSR count). The SMILES string of the molecule is O=C(c1ccc(Cl)cn1)N1CCNCC1. The summed E-state index contributed by atoms with van der Waals surface area (Å²) in [7, 11) is 0. The molecule has 0 spiro atoms. The summed E-state index contributed by atoms with van der Waals surface area (Å²) in [5.41, 5.74) is 0.460. The molecule has 0 unspecified atom stereocenters. The Bertz CT molecular complexity index is 346. The first kappa shape index (κ1) is 10.4. The van der Waals surface area contributed by atoms with Crippen LogP contribution in [-0.4, -0.2) is 42.0 Å². The van der Waals surface area contributed by atoms with Gasteiger partial charge in [0.15, 0.2) is 0 Å². The summed E-state index contributed by atoms with van der Waals surface area (Å²) < 4.78 is 0. The van der Waals surface area contributed by atoms with Gasteiger partial charge in [0.25, 0.3) is 5.91 Å². The Morgan fingerprint density at radius 3 is 2.73 bits per heavy atom. The van der Waals surface area contributed by atoms with Crippen molar-refractivity contribution in [3.63, 3.8) is 0 Å². The third kappa shape index (κ3) is 2.46. The van der Waals surface area contributed by atoms with E-state index in [0.717, 1.165) is 26.2 Å². The second-order valence-electron chi connectivity index (χ2n) is 3.40. The van der Waals surface area contributed by atoms with E-state index in [2.05, 4.69) is 10.3 Å². The predicted molar refractivity (Wildman–Crippen MR) is 58.0 cm³/mol. The number of carbonyl (C=O) groups is 1. The number of piperazine rings is 1. The molecule has 0 aromatic carbocycles. The van der Waals surface area contributed by atoms with Crippen LogP contribution in [0.25, 0.3) is 0 Å². The molecule has 0 bridgehead atoms. The van der Waals surface area contributed by atoms with Crippen molar-refractivity contribution in [2.75, 3.05) is 26.2 Å². The number of carbonyl (C=O) groups excluding carboxylic acids is 1. The van der Waals surface area contributed by atoms with Crippen molar-refractivity contribution >= 4 is 17.5 Å². The van der Waals surface area contributed by atoms with Gasteiger partial charge in [-0.15, -0.1) is 0 Å². The van der Waals surface area contributed by atoms with Crippen LogP contribution in [0.15, 0.2) is 18.3 Å². The summed E-state index contributed by atoms with van der Waals surface area (Å²) in [5.74, 6) is -0.0202. The largest absolute Gasteiger partial charge is 0.335 e. The molecule has 1 aliphatic rings. The third-order valence-electron chi connectivity index (χ3n) is 2.35. The first-order chi connectivity index (χ1) is 7.27. The van der Waals surface area contributed by atoms with Gasteiger partial charge in [0, 0.05) is 32.4 Å². The summed E-state index contributed by atoms with van der Waals surface area (Å²) in [6, 6.07) is 3.34. The van der Waals surface area contributed by atoms with Crippen LogP contribution in [0.3, 0.4) is 0 Å². The molecule has 80 valence electrons. The predicted octanol–water partition coefficient (Wildman–Crippen LogP) is 0.780. The van der Waals surface area contributed by atoms with Gasteiger partial charge < -0.3 is 10.2 Å². The van der Waals surface area contributed by atoms with E-state index in [1.807, 2.05) is 0 Å². The van der Waals surface area contributed by atoms with E-state index < -0.39 is 0 Å². The standard InChI is InChI=1S/C10H12ClN3O/c11-8-1-2-9(13-7-8)10(15)14-5-3-12-4-6-14/h1-2,7,12H,3-6H2. The second-order valence-corrected chi connectivity index (χ2v) is 3.84. The molecule has 1 N–H and O–H groups in total. The number of rotatable bonds is 1. The molecule has 1 aliphatic heterocycles. The zero-order chi connectivity index (χ0) is 10.7. The number of halogens is 1. The number of hydrogen-bond donors (Lipinski definition) is 1. The van der Waals surface area contributed by atoms with Crippen LogP contribution < -0.4 is 5.32 Å². The van der Waals surface area contributed by atoms with Gasteiger partial charge in [-0.25, -0.2) is 4.98 Å². The number of aromatic nitrogens is 1. The molecular formula is C10H12ClN3O. The lowest BCUT2D eigenvalue weighted by Crippen LogP contribution is -2.46. The highest BCUT2D eigenvalue weighted by molar-refractivity contribution is 6.30. The molecule has 1 amide bonds. The van der Waals surface area contributed by atoms with Crippen molar-refractivity contribution in [3.8, 4) is 0 Å². The van der Waals surface area contributed by atoms with E-state index in [1.165, 1.54) is 6.20 Å². The van der Waals surface area contributed by atoms with Gasteiger partial charge in [-0.1, -0.05) is 11.6 Å². The van der Waals surface area contributed by atoms with Crippen molar-refractivity contribution in [2.24, 2.45) is 0 Å². The van der Waals surface area contributed by atoms with Gasteiger partial charge in [-0.3, -0.25) is 4.79 Å². The second kappa shape index (κ2) is 4.59. The molecule has 15 heavy (non-hydrogen) atoms. The lowest BCUT2D eigenvalue weighted by atomic mass is 10.3. The first-order valence-electron chi connectivity index (χ1n) is 4.89. The molecular weight excluding hydrogens is 214 g/mol. The van der Waals surface area contributed by atoms with E-state index in [9.17, 15) is 4.79 Å². The van der Waals surface area contributed by atoms with Crippen LogP contribution in [0, 0.1) is 0 Å². The lowest BCUT2D eigenvalue weighted by Gasteiger charge is -2.26. The minimum Gasteiger partial charge on any atom is -0.335 e. The van der Waals surface area contributed by atoms with Gasteiger partial charge in [0.05, 0.1) is 5.02 Å².